The van der Waals surface area contributed by atoms with Crippen molar-refractivity contribution in [2.75, 3.05) is 36.8 Å². The highest BCUT2D eigenvalue weighted by Gasteiger charge is 2.27. The second-order valence-corrected chi connectivity index (χ2v) is 6.03. The molecule has 0 unspecified atom stereocenters. The van der Waals surface area contributed by atoms with Crippen LogP contribution in [0.1, 0.15) is 20.8 Å². The zero-order valence-corrected chi connectivity index (χ0v) is 12.6. The Morgan fingerprint density at radius 2 is 1.95 bits per heavy atom. The number of carbonyl (C=O) groups excluding carboxylic acids is 1. The lowest BCUT2D eigenvalue weighted by Gasteiger charge is -2.36. The first-order chi connectivity index (χ1) is 9.76. The van der Waals surface area contributed by atoms with Gasteiger partial charge in [0.05, 0.1) is 11.9 Å². The molecule has 0 spiro atoms. The van der Waals surface area contributed by atoms with Crippen LogP contribution in [0.15, 0.2) is 12.3 Å². The van der Waals surface area contributed by atoms with E-state index < -0.39 is 11.4 Å². The van der Waals surface area contributed by atoms with E-state index in [2.05, 4.69) is 4.98 Å². The number of halogens is 1. The summed E-state index contributed by atoms with van der Waals surface area (Å²) in [4.78, 5) is 19.4. The Morgan fingerprint density at radius 1 is 1.33 bits per heavy atom. The Balaban J connectivity index is 1.95. The second kappa shape index (κ2) is 5.75. The maximum Gasteiger partial charge on any atom is 0.410 e. The van der Waals surface area contributed by atoms with Gasteiger partial charge in [-0.2, -0.15) is 0 Å². The van der Waals surface area contributed by atoms with Gasteiger partial charge in [-0.05, 0) is 20.8 Å². The Kier molecular flexibility index (Phi) is 4.20. The topological polar surface area (TPSA) is 71.7 Å². The third kappa shape index (κ3) is 3.96. The first-order valence-corrected chi connectivity index (χ1v) is 6.90. The number of nitrogen functional groups attached to an aromatic ring is 1. The molecule has 1 amide bonds. The van der Waals surface area contributed by atoms with Gasteiger partial charge in [-0.25, -0.2) is 14.2 Å². The van der Waals surface area contributed by atoms with Crippen LogP contribution < -0.4 is 10.6 Å². The summed E-state index contributed by atoms with van der Waals surface area (Å²) < 4.78 is 19.1. The number of anilines is 2. The van der Waals surface area contributed by atoms with E-state index in [0.717, 1.165) is 0 Å². The van der Waals surface area contributed by atoms with Crippen molar-refractivity contribution in [1.82, 2.24) is 9.88 Å². The minimum absolute atomic E-state index is 0.271. The molecule has 2 rings (SSSR count). The summed E-state index contributed by atoms with van der Waals surface area (Å²) in [5.41, 5.74) is 5.27. The number of nitrogens with zero attached hydrogens (tertiary/aromatic N) is 3. The highest BCUT2D eigenvalue weighted by atomic mass is 19.1. The van der Waals surface area contributed by atoms with Crippen molar-refractivity contribution in [3.8, 4) is 0 Å². The summed E-state index contributed by atoms with van der Waals surface area (Å²) in [7, 11) is 0. The van der Waals surface area contributed by atoms with Crippen LogP contribution in [0.3, 0.4) is 0 Å². The van der Waals surface area contributed by atoms with Gasteiger partial charge in [0.1, 0.15) is 5.60 Å². The maximum atomic E-state index is 13.8. The molecule has 0 atom stereocenters. The Morgan fingerprint density at radius 3 is 2.48 bits per heavy atom. The van der Waals surface area contributed by atoms with E-state index in [0.29, 0.717) is 31.9 Å². The van der Waals surface area contributed by atoms with Gasteiger partial charge in [-0.3, -0.25) is 0 Å². The lowest BCUT2D eigenvalue weighted by Crippen LogP contribution is -2.50. The molecule has 1 fully saturated rings. The molecule has 116 valence electrons. The molecule has 1 aromatic heterocycles. The molecule has 21 heavy (non-hydrogen) atoms. The third-order valence-electron chi connectivity index (χ3n) is 3.07. The third-order valence-corrected chi connectivity index (χ3v) is 3.07. The lowest BCUT2D eigenvalue weighted by molar-refractivity contribution is 0.0240. The van der Waals surface area contributed by atoms with Crippen molar-refractivity contribution < 1.29 is 13.9 Å². The monoisotopic (exact) mass is 296 g/mol. The van der Waals surface area contributed by atoms with Gasteiger partial charge in [0.25, 0.3) is 0 Å². The fraction of sp³-hybridized carbons (Fsp3) is 0.571. The van der Waals surface area contributed by atoms with Crippen LogP contribution >= 0.6 is 0 Å². The van der Waals surface area contributed by atoms with Gasteiger partial charge in [-0.1, -0.05) is 0 Å². The summed E-state index contributed by atoms with van der Waals surface area (Å²) in [6.45, 7) is 7.44. The number of hydrogen-bond acceptors (Lipinski definition) is 5. The summed E-state index contributed by atoms with van der Waals surface area (Å²) >= 11 is 0. The first-order valence-electron chi connectivity index (χ1n) is 6.90. The van der Waals surface area contributed by atoms with Crippen LogP contribution in [-0.4, -0.2) is 47.8 Å². The average Bonchev–Trinajstić information content (AvgIpc) is 2.37. The SMILES string of the molecule is CC(C)(C)OC(=O)N1CCN(c2ncc(N)cc2F)CC1. The van der Waals surface area contributed by atoms with Gasteiger partial charge in [0.15, 0.2) is 11.6 Å². The molecular formula is C14H21FN4O2. The highest BCUT2D eigenvalue weighted by molar-refractivity contribution is 5.68. The molecule has 7 heteroatoms. The maximum absolute atomic E-state index is 13.8. The van der Waals surface area contributed by atoms with Crippen LogP contribution in [0.5, 0.6) is 0 Å². The van der Waals surface area contributed by atoms with Crippen LogP contribution in [0.2, 0.25) is 0 Å². The van der Waals surface area contributed by atoms with E-state index in [1.165, 1.54) is 12.3 Å². The lowest BCUT2D eigenvalue weighted by atomic mass is 10.2. The number of ether oxygens (including phenoxy) is 1. The van der Waals surface area contributed by atoms with E-state index in [4.69, 9.17) is 10.5 Å². The molecular weight excluding hydrogens is 275 g/mol. The number of hydrogen-bond donors (Lipinski definition) is 1. The number of rotatable bonds is 1. The molecule has 0 aromatic carbocycles. The van der Waals surface area contributed by atoms with Gasteiger partial charge in [0.2, 0.25) is 0 Å². The Labute approximate surface area is 123 Å². The van der Waals surface area contributed by atoms with Gasteiger partial charge in [-0.15, -0.1) is 0 Å². The molecule has 0 radical (unpaired) electrons. The van der Waals surface area contributed by atoms with E-state index in [-0.39, 0.29) is 11.9 Å². The number of nitrogens with two attached hydrogens (primary N) is 1. The Bertz CT molecular complexity index is 522. The van der Waals surface area contributed by atoms with Gasteiger partial charge < -0.3 is 20.3 Å². The highest BCUT2D eigenvalue weighted by Crippen LogP contribution is 2.20. The summed E-state index contributed by atoms with van der Waals surface area (Å²) in [6.07, 6.45) is 1.09. The number of pyridine rings is 1. The van der Waals surface area contributed by atoms with Crippen molar-refractivity contribution in [3.63, 3.8) is 0 Å². The normalized spacial score (nSPS) is 16.0. The Hall–Kier alpha value is -2.05. The summed E-state index contributed by atoms with van der Waals surface area (Å²) in [6, 6.07) is 1.25. The molecule has 0 bridgehead atoms. The van der Waals surface area contributed by atoms with E-state index in [1.54, 1.807) is 9.80 Å². The van der Waals surface area contributed by atoms with Crippen LogP contribution in [0.25, 0.3) is 0 Å². The standard InChI is InChI=1S/C14H21FN4O2/c1-14(2,3)21-13(20)19-6-4-18(5-7-19)12-11(15)8-10(16)9-17-12/h8-9H,4-7,16H2,1-3H3. The van der Waals surface area contributed by atoms with Crippen LogP contribution in [0, 0.1) is 5.82 Å². The van der Waals surface area contributed by atoms with Crippen molar-refractivity contribution in [1.29, 1.82) is 0 Å². The average molecular weight is 296 g/mol. The van der Waals surface area contributed by atoms with Crippen molar-refractivity contribution in [2.24, 2.45) is 0 Å². The number of carbonyl (C=O) groups is 1. The molecule has 6 nitrogen and oxygen atoms in total. The molecule has 0 saturated carbocycles. The fourth-order valence-corrected chi connectivity index (χ4v) is 2.11. The van der Waals surface area contributed by atoms with Gasteiger partial charge in [0, 0.05) is 32.2 Å². The zero-order valence-electron chi connectivity index (χ0n) is 12.6. The summed E-state index contributed by atoms with van der Waals surface area (Å²) in [5, 5.41) is 0. The minimum atomic E-state index is -0.515. The number of aromatic nitrogens is 1. The molecule has 1 saturated heterocycles. The van der Waals surface area contributed by atoms with Crippen LogP contribution in [-0.2, 0) is 4.74 Å². The number of amides is 1. The largest absolute Gasteiger partial charge is 0.444 e. The van der Waals surface area contributed by atoms with Crippen molar-refractivity contribution in [2.45, 2.75) is 26.4 Å². The zero-order chi connectivity index (χ0) is 15.6. The molecule has 1 aromatic rings. The van der Waals surface area contributed by atoms with Gasteiger partial charge >= 0.3 is 6.09 Å². The second-order valence-electron chi connectivity index (χ2n) is 6.03. The van der Waals surface area contributed by atoms with E-state index >= 15 is 0 Å². The molecule has 2 N–H and O–H groups in total. The van der Waals surface area contributed by atoms with Crippen molar-refractivity contribution >= 4 is 17.6 Å². The minimum Gasteiger partial charge on any atom is -0.444 e. The summed E-state index contributed by atoms with van der Waals surface area (Å²) in [5.74, 6) is -0.172. The van der Waals surface area contributed by atoms with Crippen LogP contribution in [0.4, 0.5) is 20.7 Å². The predicted octanol–water partition coefficient (Wildman–Crippen LogP) is 1.86. The number of piperazine rings is 1. The molecule has 1 aliphatic rings. The first kappa shape index (κ1) is 15.3. The fourth-order valence-electron chi connectivity index (χ4n) is 2.11. The molecule has 1 aliphatic heterocycles. The smallest absolute Gasteiger partial charge is 0.410 e. The van der Waals surface area contributed by atoms with E-state index in [9.17, 15) is 9.18 Å². The molecule has 2 heterocycles. The quantitative estimate of drug-likeness (QED) is 0.856. The molecule has 0 aliphatic carbocycles. The predicted molar refractivity (Wildman–Crippen MR) is 78.6 cm³/mol. The van der Waals surface area contributed by atoms with Crippen molar-refractivity contribution in [3.05, 3.63) is 18.1 Å². The van der Waals surface area contributed by atoms with E-state index in [1.807, 2.05) is 20.8 Å².